The van der Waals surface area contributed by atoms with Crippen LogP contribution in [-0.2, 0) is 6.42 Å². The number of ether oxygens (including phenoxy) is 1. The smallest absolute Gasteiger partial charge is 0.336 e. The number of carboxylic acid groups (broad SMARTS) is 1. The first-order valence-electron chi connectivity index (χ1n) is 9.74. The molecule has 33 heavy (non-hydrogen) atoms. The molecule has 4 rings (SSSR count). The number of phenolic OH excluding ortho intramolecular Hbond substituents is 7. The Morgan fingerprint density at radius 1 is 0.848 bits per heavy atom. The topological polar surface area (TPSA) is 188 Å². The standard InChI is InChI=1S/C23H20O10/c1-8-11(23(31)32)6-12(20(29)19(8)28)13-7-14-15(25)4-10(24)5-18(14)33-22(13)9-2-16(26)21(30)17(27)3-9/h2-6,13,22,24-30H,7H2,1H3,(H,31,32)/t13?,22-/m0/s1. The van der Waals surface area contributed by atoms with Gasteiger partial charge in [0, 0.05) is 40.3 Å². The molecule has 0 spiro atoms. The lowest BCUT2D eigenvalue weighted by molar-refractivity contribution is 0.0695. The summed E-state index contributed by atoms with van der Waals surface area (Å²) in [6.07, 6.45) is -1.14. The molecule has 0 saturated carbocycles. The number of aromatic hydroxyl groups is 7. The van der Waals surface area contributed by atoms with Crippen molar-refractivity contribution in [1.29, 1.82) is 0 Å². The molecule has 3 aromatic carbocycles. The van der Waals surface area contributed by atoms with Gasteiger partial charge in [-0.05, 0) is 31.5 Å². The Hall–Kier alpha value is -4.47. The van der Waals surface area contributed by atoms with Crippen molar-refractivity contribution in [2.24, 2.45) is 0 Å². The summed E-state index contributed by atoms with van der Waals surface area (Å²) < 4.78 is 5.96. The van der Waals surface area contributed by atoms with Crippen molar-refractivity contribution in [3.8, 4) is 46.0 Å². The van der Waals surface area contributed by atoms with Gasteiger partial charge in [0.1, 0.15) is 23.4 Å². The third-order valence-electron chi connectivity index (χ3n) is 5.82. The number of phenols is 7. The van der Waals surface area contributed by atoms with Crippen molar-refractivity contribution >= 4 is 5.97 Å². The van der Waals surface area contributed by atoms with Crippen LogP contribution in [-0.4, -0.2) is 46.8 Å². The molecular formula is C23H20O10. The summed E-state index contributed by atoms with van der Waals surface area (Å²) in [4.78, 5) is 11.7. The van der Waals surface area contributed by atoms with Crippen molar-refractivity contribution in [3.63, 3.8) is 0 Å². The van der Waals surface area contributed by atoms with Gasteiger partial charge < -0.3 is 45.6 Å². The van der Waals surface area contributed by atoms with E-state index < -0.39 is 46.7 Å². The average molecular weight is 456 g/mol. The third kappa shape index (κ3) is 3.51. The van der Waals surface area contributed by atoms with E-state index in [1.54, 1.807) is 0 Å². The van der Waals surface area contributed by atoms with Crippen LogP contribution in [0.1, 0.15) is 44.6 Å². The Morgan fingerprint density at radius 3 is 2.09 bits per heavy atom. The average Bonchev–Trinajstić information content (AvgIpc) is 2.74. The second-order valence-electron chi connectivity index (χ2n) is 7.84. The molecular weight excluding hydrogens is 436 g/mol. The highest BCUT2D eigenvalue weighted by Gasteiger charge is 2.38. The highest BCUT2D eigenvalue weighted by atomic mass is 16.5. The molecule has 1 heterocycles. The Kier molecular flexibility index (Phi) is 5.00. The van der Waals surface area contributed by atoms with Crippen LogP contribution in [0.3, 0.4) is 0 Å². The van der Waals surface area contributed by atoms with Gasteiger partial charge in [0.25, 0.3) is 0 Å². The molecule has 3 aromatic rings. The minimum absolute atomic E-state index is 0.0225. The number of carboxylic acids is 1. The lowest BCUT2D eigenvalue weighted by Gasteiger charge is -2.35. The summed E-state index contributed by atoms with van der Waals surface area (Å²) in [5.41, 5.74) is 0.0437. The first-order chi connectivity index (χ1) is 15.5. The normalized spacial score (nSPS) is 17.2. The first kappa shape index (κ1) is 21.8. The molecule has 0 aliphatic carbocycles. The molecule has 8 N–H and O–H groups in total. The summed E-state index contributed by atoms with van der Waals surface area (Å²) in [6, 6.07) is 5.74. The van der Waals surface area contributed by atoms with Gasteiger partial charge in [0.05, 0.1) is 5.56 Å². The number of fused-ring (bicyclic) bond motifs is 1. The van der Waals surface area contributed by atoms with Gasteiger partial charge in [-0.3, -0.25) is 0 Å². The van der Waals surface area contributed by atoms with Crippen molar-refractivity contribution in [2.45, 2.75) is 25.4 Å². The van der Waals surface area contributed by atoms with Crippen LogP contribution in [0.2, 0.25) is 0 Å². The molecule has 1 aliphatic rings. The van der Waals surface area contributed by atoms with Gasteiger partial charge in [-0.2, -0.15) is 0 Å². The van der Waals surface area contributed by atoms with E-state index in [1.165, 1.54) is 19.1 Å². The van der Waals surface area contributed by atoms with E-state index in [4.69, 9.17) is 4.74 Å². The van der Waals surface area contributed by atoms with E-state index in [-0.39, 0.29) is 51.5 Å². The number of hydrogen-bond donors (Lipinski definition) is 8. The quantitative estimate of drug-likeness (QED) is 0.272. The van der Waals surface area contributed by atoms with Crippen molar-refractivity contribution < 1.29 is 50.4 Å². The number of aromatic carboxylic acids is 1. The monoisotopic (exact) mass is 456 g/mol. The van der Waals surface area contributed by atoms with E-state index in [0.717, 1.165) is 18.2 Å². The molecule has 0 aromatic heterocycles. The zero-order chi connectivity index (χ0) is 24.2. The summed E-state index contributed by atoms with van der Waals surface area (Å²) in [6.45, 7) is 1.33. The maximum absolute atomic E-state index is 11.7. The first-order valence-corrected chi connectivity index (χ1v) is 9.74. The largest absolute Gasteiger partial charge is 0.508 e. The molecule has 0 saturated heterocycles. The van der Waals surface area contributed by atoms with Gasteiger partial charge in [-0.1, -0.05) is 0 Å². The molecule has 1 unspecified atom stereocenters. The van der Waals surface area contributed by atoms with Crippen LogP contribution in [0.25, 0.3) is 0 Å². The summed E-state index contributed by atoms with van der Waals surface area (Å²) in [5.74, 6) is -6.08. The fourth-order valence-corrected chi connectivity index (χ4v) is 4.11. The third-order valence-corrected chi connectivity index (χ3v) is 5.82. The second-order valence-corrected chi connectivity index (χ2v) is 7.84. The highest BCUT2D eigenvalue weighted by Crippen LogP contribution is 2.52. The van der Waals surface area contributed by atoms with Gasteiger partial charge >= 0.3 is 5.97 Å². The lowest BCUT2D eigenvalue weighted by Crippen LogP contribution is -2.25. The molecule has 0 fully saturated rings. The van der Waals surface area contributed by atoms with Crippen LogP contribution in [0, 0.1) is 6.92 Å². The molecule has 10 heteroatoms. The fourth-order valence-electron chi connectivity index (χ4n) is 4.11. The van der Waals surface area contributed by atoms with Crippen LogP contribution in [0.4, 0.5) is 0 Å². The van der Waals surface area contributed by atoms with Crippen molar-refractivity contribution in [1.82, 2.24) is 0 Å². The van der Waals surface area contributed by atoms with Crippen molar-refractivity contribution in [3.05, 3.63) is 58.1 Å². The predicted molar refractivity (Wildman–Crippen MR) is 112 cm³/mol. The minimum atomic E-state index is -1.34. The molecule has 0 radical (unpaired) electrons. The van der Waals surface area contributed by atoms with Crippen LogP contribution >= 0.6 is 0 Å². The minimum Gasteiger partial charge on any atom is -0.508 e. The Bertz CT molecular complexity index is 1270. The number of rotatable bonds is 3. The lowest BCUT2D eigenvalue weighted by atomic mass is 9.80. The molecule has 172 valence electrons. The van der Waals surface area contributed by atoms with E-state index in [9.17, 15) is 45.6 Å². The SMILES string of the molecule is Cc1c(C(=O)O)cc(C2Cc3c(O)cc(O)cc3O[C@H]2c2cc(O)c(O)c(O)c2)c(O)c1O. The predicted octanol–water partition coefficient (Wildman–Crippen LogP) is 3.09. The van der Waals surface area contributed by atoms with E-state index in [2.05, 4.69) is 0 Å². The van der Waals surface area contributed by atoms with Gasteiger partial charge in [0.15, 0.2) is 28.7 Å². The van der Waals surface area contributed by atoms with E-state index in [0.29, 0.717) is 0 Å². The number of benzene rings is 3. The van der Waals surface area contributed by atoms with E-state index >= 15 is 0 Å². The molecule has 0 bridgehead atoms. The Balaban J connectivity index is 1.97. The van der Waals surface area contributed by atoms with Gasteiger partial charge in [0.2, 0.25) is 0 Å². The molecule has 0 amide bonds. The van der Waals surface area contributed by atoms with Crippen LogP contribution in [0.5, 0.6) is 46.0 Å². The summed E-state index contributed by atoms with van der Waals surface area (Å²) in [5, 5.41) is 80.5. The number of carbonyl (C=O) groups is 1. The van der Waals surface area contributed by atoms with E-state index in [1.807, 2.05) is 0 Å². The summed E-state index contributed by atoms with van der Waals surface area (Å²) in [7, 11) is 0. The molecule has 1 aliphatic heterocycles. The van der Waals surface area contributed by atoms with Gasteiger partial charge in [-0.15, -0.1) is 0 Å². The maximum atomic E-state index is 11.7. The highest BCUT2D eigenvalue weighted by molar-refractivity contribution is 5.91. The number of hydrogen-bond acceptors (Lipinski definition) is 9. The summed E-state index contributed by atoms with van der Waals surface area (Å²) >= 11 is 0. The fraction of sp³-hybridized carbons (Fsp3) is 0.174. The molecule has 10 nitrogen and oxygen atoms in total. The molecule has 2 atom stereocenters. The zero-order valence-electron chi connectivity index (χ0n) is 17.1. The van der Waals surface area contributed by atoms with Crippen LogP contribution in [0.15, 0.2) is 30.3 Å². The zero-order valence-corrected chi connectivity index (χ0v) is 17.1. The second kappa shape index (κ2) is 7.59. The Morgan fingerprint density at radius 2 is 1.48 bits per heavy atom. The Labute approximate surface area is 186 Å². The maximum Gasteiger partial charge on any atom is 0.336 e. The van der Waals surface area contributed by atoms with Crippen molar-refractivity contribution in [2.75, 3.05) is 0 Å². The van der Waals surface area contributed by atoms with Crippen LogP contribution < -0.4 is 4.74 Å². The van der Waals surface area contributed by atoms with Gasteiger partial charge in [-0.25, -0.2) is 4.79 Å².